The monoisotopic (exact) mass is 910 g/mol. The van der Waals surface area contributed by atoms with Crippen molar-refractivity contribution in [3.8, 4) is 0 Å². The third kappa shape index (κ3) is 8.03. The lowest BCUT2D eigenvalue weighted by molar-refractivity contribution is -0.512. The predicted octanol–water partition coefficient (Wildman–Crippen LogP) is 11.8. The van der Waals surface area contributed by atoms with Gasteiger partial charge in [0.15, 0.2) is 0 Å². The van der Waals surface area contributed by atoms with E-state index in [1.165, 1.54) is 0 Å². The van der Waals surface area contributed by atoms with E-state index in [-0.39, 0.29) is 0 Å². The maximum Gasteiger partial charge on any atom is 0.462 e. The van der Waals surface area contributed by atoms with E-state index in [0.29, 0.717) is 0 Å². The van der Waals surface area contributed by atoms with Crippen LogP contribution in [0.25, 0.3) is 0 Å². The van der Waals surface area contributed by atoms with Crippen molar-refractivity contribution in [3.63, 3.8) is 0 Å². The van der Waals surface area contributed by atoms with E-state index in [1.807, 2.05) is 0 Å². The van der Waals surface area contributed by atoms with Crippen LogP contribution in [0.5, 0.6) is 0 Å². The van der Waals surface area contributed by atoms with Crippen molar-refractivity contribution in [1.29, 1.82) is 0 Å². The minimum absolute atomic E-state index is 0.908. The summed E-state index contributed by atoms with van der Waals surface area (Å²) in [5.74, 6) is -82.8. The first-order valence-electron chi connectivity index (χ1n) is 11.2. The zero-order valence-corrected chi connectivity index (χ0v) is 23.1. The average molecular weight is 910 g/mol. The van der Waals surface area contributed by atoms with Gasteiger partial charge in [-0.3, -0.25) is 9.47 Å². The van der Waals surface area contributed by atoms with Crippen LogP contribution in [-0.4, -0.2) is 84.2 Å². The summed E-state index contributed by atoms with van der Waals surface area (Å²) in [7, 11) is 0. The molecule has 0 aromatic rings. The van der Waals surface area contributed by atoms with E-state index in [0.717, 1.165) is 9.47 Å². The van der Waals surface area contributed by atoms with Crippen LogP contribution < -0.4 is 0 Å². The van der Waals surface area contributed by atoms with E-state index >= 15 is 0 Å². The molecule has 0 aliphatic rings. The Hall–Kier alpha value is -3.18. The minimum atomic E-state index is -9.12. The number of halogens is 34. The van der Waals surface area contributed by atoms with Crippen LogP contribution in [0, 0.1) is 0 Å². The first-order valence-corrected chi connectivity index (χ1v) is 11.2. The van der Waals surface area contributed by atoms with Crippen molar-refractivity contribution >= 4 is 0 Å². The zero-order valence-electron chi connectivity index (χ0n) is 23.1. The minimum Gasteiger partial charge on any atom is -0.400 e. The second kappa shape index (κ2) is 13.7. The molecule has 0 saturated carbocycles. The van der Waals surface area contributed by atoms with Gasteiger partial charge in [-0.05, 0) is 0 Å². The van der Waals surface area contributed by atoms with Crippen LogP contribution in [0.1, 0.15) is 0 Å². The molecular weight excluding hydrogens is 910 g/mol. The standard InChI is InChI=1S/C18F34O3/c19-1(5(23,24)11(35,7(27,28)13(37,38)39)54-17(49,50)9(31,32)15(43,44)45)3(21)53-4(22)2(20)6(25,26)12(36,8(29,30)14(40,41)42)55-18(51,52)10(33,34)16(46,47)48. The lowest BCUT2D eigenvalue weighted by Gasteiger charge is -2.41. The molecule has 0 amide bonds. The van der Waals surface area contributed by atoms with Crippen LogP contribution in [0.4, 0.5) is 149 Å². The SMILES string of the molecule is FC(OC(F)=C(F)C(F)(F)C(F)(OC(F)(F)C(F)(F)C(F)(F)F)C(F)(F)C(F)(F)F)=C(F)C(F)(F)C(F)(OC(F)(F)C(F)(F)C(F)(F)F)C(F)(F)C(F)(F)F. The molecule has 0 rings (SSSR count). The Bertz CT molecular complexity index is 1350. The van der Waals surface area contributed by atoms with Gasteiger partial charge < -0.3 is 4.74 Å². The van der Waals surface area contributed by atoms with Gasteiger partial charge in [-0.15, -0.1) is 0 Å². The highest BCUT2D eigenvalue weighted by Crippen LogP contribution is 2.62. The fraction of sp³-hybridized carbons (Fsp3) is 0.778. The van der Waals surface area contributed by atoms with Crippen molar-refractivity contribution in [2.75, 3.05) is 0 Å². The maximum atomic E-state index is 14.4. The number of alkyl halides is 30. The first kappa shape index (κ1) is 51.8. The van der Waals surface area contributed by atoms with Gasteiger partial charge in [0.1, 0.15) is 0 Å². The van der Waals surface area contributed by atoms with Gasteiger partial charge in [0.05, 0.1) is 0 Å². The predicted molar refractivity (Wildman–Crippen MR) is 93.2 cm³/mol. The fourth-order valence-corrected chi connectivity index (χ4v) is 2.52. The van der Waals surface area contributed by atoms with Gasteiger partial charge in [0.25, 0.3) is 0 Å². The Morgan fingerprint density at radius 2 is 0.455 bits per heavy atom. The summed E-state index contributed by atoms with van der Waals surface area (Å²) in [4.78, 5) is 0. The van der Waals surface area contributed by atoms with Crippen LogP contribution in [0.15, 0.2) is 23.7 Å². The molecule has 3 nitrogen and oxygen atoms in total. The highest BCUT2D eigenvalue weighted by molar-refractivity contribution is 5.21. The van der Waals surface area contributed by atoms with Gasteiger partial charge in [0.2, 0.25) is 11.7 Å². The molecule has 0 bridgehead atoms. The topological polar surface area (TPSA) is 27.7 Å². The Morgan fingerprint density at radius 1 is 0.273 bits per heavy atom. The first-order chi connectivity index (χ1) is 23.3. The smallest absolute Gasteiger partial charge is 0.400 e. The molecule has 0 aliphatic carbocycles. The average Bonchev–Trinajstić information content (AvgIpc) is 2.92. The third-order valence-electron chi connectivity index (χ3n) is 5.38. The molecule has 0 saturated heterocycles. The molecule has 0 aliphatic heterocycles. The molecule has 0 fully saturated rings. The second-order valence-electron chi connectivity index (χ2n) is 9.14. The Labute approximate surface area is 273 Å². The van der Waals surface area contributed by atoms with Crippen molar-refractivity contribution in [1.82, 2.24) is 0 Å². The number of rotatable bonds is 14. The Kier molecular flexibility index (Phi) is 12.9. The van der Waals surface area contributed by atoms with Gasteiger partial charge in [-0.25, -0.2) is 0 Å². The van der Waals surface area contributed by atoms with E-state index < -0.39 is 108 Å². The molecule has 55 heavy (non-hydrogen) atoms. The van der Waals surface area contributed by atoms with E-state index in [1.54, 1.807) is 4.74 Å². The van der Waals surface area contributed by atoms with Crippen molar-refractivity contribution in [3.05, 3.63) is 23.7 Å². The van der Waals surface area contributed by atoms with Gasteiger partial charge in [0, 0.05) is 0 Å². The van der Waals surface area contributed by atoms with Crippen LogP contribution in [-0.2, 0) is 14.2 Å². The largest absolute Gasteiger partial charge is 0.462 e. The van der Waals surface area contributed by atoms with Gasteiger partial charge in [-0.2, -0.15) is 149 Å². The van der Waals surface area contributed by atoms with E-state index in [2.05, 4.69) is 0 Å². The van der Waals surface area contributed by atoms with Crippen molar-refractivity contribution in [2.45, 2.75) is 84.2 Å². The fourth-order valence-electron chi connectivity index (χ4n) is 2.52. The molecule has 0 heterocycles. The molecule has 2 atom stereocenters. The van der Waals surface area contributed by atoms with Crippen molar-refractivity contribution < 1.29 is 163 Å². The normalized spacial score (nSPS) is 19.0. The summed E-state index contributed by atoms with van der Waals surface area (Å²) in [6.07, 6.45) is -50.5. The third-order valence-corrected chi connectivity index (χ3v) is 5.38. The Balaban J connectivity index is 7.91. The molecule has 0 N–H and O–H groups in total. The molecule has 328 valence electrons. The number of hydrogen-bond acceptors (Lipinski definition) is 3. The Morgan fingerprint density at radius 3 is 0.618 bits per heavy atom. The number of ether oxygens (including phenoxy) is 3. The second-order valence-corrected chi connectivity index (χ2v) is 9.14. The van der Waals surface area contributed by atoms with Crippen molar-refractivity contribution in [2.24, 2.45) is 0 Å². The van der Waals surface area contributed by atoms with Gasteiger partial charge >= 0.3 is 96.2 Å². The summed E-state index contributed by atoms with van der Waals surface area (Å²) in [5.41, 5.74) is 0. The lowest BCUT2D eigenvalue weighted by atomic mass is 10.00. The van der Waals surface area contributed by atoms with Crippen LogP contribution in [0.2, 0.25) is 0 Å². The van der Waals surface area contributed by atoms with E-state index in [4.69, 9.17) is 0 Å². The molecule has 2 unspecified atom stereocenters. The van der Waals surface area contributed by atoms with Crippen LogP contribution >= 0.6 is 0 Å². The summed E-state index contributed by atoms with van der Waals surface area (Å²) < 4.78 is 451. The molecular formula is C18F34O3. The molecule has 0 aromatic heterocycles. The van der Waals surface area contributed by atoms with E-state index in [9.17, 15) is 149 Å². The maximum absolute atomic E-state index is 14.4. The zero-order chi connectivity index (χ0) is 45.4. The highest BCUT2D eigenvalue weighted by Gasteiger charge is 2.90. The highest BCUT2D eigenvalue weighted by atomic mass is 19.5. The van der Waals surface area contributed by atoms with Crippen LogP contribution in [0.3, 0.4) is 0 Å². The van der Waals surface area contributed by atoms with Gasteiger partial charge in [-0.1, -0.05) is 0 Å². The molecule has 0 spiro atoms. The summed E-state index contributed by atoms with van der Waals surface area (Å²) in [6.45, 7) is 0. The molecule has 37 heteroatoms. The molecule has 0 radical (unpaired) electrons. The summed E-state index contributed by atoms with van der Waals surface area (Å²) >= 11 is 0. The molecule has 0 aromatic carbocycles. The summed E-state index contributed by atoms with van der Waals surface area (Å²) in [5, 5.41) is 0. The number of hydrogen-bond donors (Lipinski definition) is 0. The quantitative estimate of drug-likeness (QED) is 0.128. The summed E-state index contributed by atoms with van der Waals surface area (Å²) in [6, 6.07) is -11.0. The lowest BCUT2D eigenvalue weighted by Crippen LogP contribution is -2.69.